The molecular formula is C18H15ClN2O3S2. The zero-order valence-corrected chi connectivity index (χ0v) is 16.1. The van der Waals surface area contributed by atoms with E-state index in [2.05, 4.69) is 10.0 Å². The Balaban J connectivity index is 1.85. The topological polar surface area (TPSA) is 75.3 Å². The molecule has 0 saturated heterocycles. The molecule has 0 saturated carbocycles. The van der Waals surface area contributed by atoms with Gasteiger partial charge in [-0.15, -0.1) is 11.3 Å². The van der Waals surface area contributed by atoms with Crippen LogP contribution in [-0.4, -0.2) is 14.3 Å². The van der Waals surface area contributed by atoms with Crippen molar-refractivity contribution < 1.29 is 13.2 Å². The van der Waals surface area contributed by atoms with Crippen molar-refractivity contribution in [1.29, 1.82) is 0 Å². The maximum absolute atomic E-state index is 12.6. The van der Waals surface area contributed by atoms with Gasteiger partial charge in [0.2, 0.25) is 0 Å². The molecule has 0 aliphatic rings. The number of halogens is 1. The van der Waals surface area contributed by atoms with Crippen molar-refractivity contribution in [3.05, 3.63) is 75.4 Å². The van der Waals surface area contributed by atoms with Gasteiger partial charge in [-0.25, -0.2) is 8.42 Å². The number of benzene rings is 2. The van der Waals surface area contributed by atoms with Crippen molar-refractivity contribution in [3.8, 4) is 0 Å². The average molecular weight is 407 g/mol. The van der Waals surface area contributed by atoms with Gasteiger partial charge in [0.1, 0.15) is 4.88 Å². The Morgan fingerprint density at radius 1 is 1.08 bits per heavy atom. The molecule has 0 unspecified atom stereocenters. The second-order valence-corrected chi connectivity index (χ2v) is 8.50. The van der Waals surface area contributed by atoms with E-state index in [0.717, 1.165) is 11.3 Å². The fourth-order valence-electron chi connectivity index (χ4n) is 2.38. The fourth-order valence-corrected chi connectivity index (χ4v) is 4.70. The van der Waals surface area contributed by atoms with Crippen LogP contribution in [0.15, 0.2) is 64.9 Å². The van der Waals surface area contributed by atoms with E-state index in [1.165, 1.54) is 6.07 Å². The molecule has 1 aromatic heterocycles. The predicted molar refractivity (Wildman–Crippen MR) is 106 cm³/mol. The van der Waals surface area contributed by atoms with Crippen LogP contribution in [0.1, 0.15) is 15.2 Å². The number of aryl methyl sites for hydroxylation is 1. The number of hydrogen-bond donors (Lipinski definition) is 2. The summed E-state index contributed by atoms with van der Waals surface area (Å²) < 4.78 is 27.8. The van der Waals surface area contributed by atoms with E-state index in [1.807, 2.05) is 0 Å². The van der Waals surface area contributed by atoms with Crippen LogP contribution in [0.5, 0.6) is 0 Å². The average Bonchev–Trinajstić information content (AvgIpc) is 3.02. The third-order valence-corrected chi connectivity index (χ3v) is 6.26. The van der Waals surface area contributed by atoms with Gasteiger partial charge in [-0.1, -0.05) is 35.9 Å². The highest BCUT2D eigenvalue weighted by Crippen LogP contribution is 2.27. The summed E-state index contributed by atoms with van der Waals surface area (Å²) in [6, 6.07) is 15.0. The largest absolute Gasteiger partial charge is 0.321 e. The molecule has 0 aliphatic carbocycles. The van der Waals surface area contributed by atoms with Gasteiger partial charge in [0.05, 0.1) is 10.6 Å². The molecule has 2 aromatic carbocycles. The lowest BCUT2D eigenvalue weighted by Gasteiger charge is -2.11. The number of amides is 1. The van der Waals surface area contributed by atoms with Crippen molar-refractivity contribution in [2.24, 2.45) is 0 Å². The molecule has 0 atom stereocenters. The lowest BCUT2D eigenvalue weighted by atomic mass is 10.2. The quantitative estimate of drug-likeness (QED) is 0.641. The Morgan fingerprint density at radius 2 is 1.85 bits per heavy atom. The van der Waals surface area contributed by atoms with E-state index in [1.54, 1.807) is 60.8 Å². The molecule has 3 aromatic rings. The van der Waals surface area contributed by atoms with Crippen molar-refractivity contribution in [3.63, 3.8) is 0 Å². The number of carbonyl (C=O) groups excluding carboxylic acids is 1. The summed E-state index contributed by atoms with van der Waals surface area (Å²) in [4.78, 5) is 13.0. The summed E-state index contributed by atoms with van der Waals surface area (Å²) >= 11 is 7.06. The van der Waals surface area contributed by atoms with Crippen LogP contribution in [0.3, 0.4) is 0 Å². The van der Waals surface area contributed by atoms with Crippen molar-refractivity contribution >= 4 is 50.2 Å². The van der Waals surface area contributed by atoms with Gasteiger partial charge in [0.25, 0.3) is 15.9 Å². The Labute approximate surface area is 160 Å². The van der Waals surface area contributed by atoms with Gasteiger partial charge in [-0.3, -0.25) is 9.52 Å². The van der Waals surface area contributed by atoms with E-state index in [0.29, 0.717) is 16.3 Å². The SMILES string of the molecule is Cc1ccccc1S(=O)(=O)Nc1ccsc1C(=O)Nc1cccc(Cl)c1. The lowest BCUT2D eigenvalue weighted by molar-refractivity contribution is 0.103. The summed E-state index contributed by atoms with van der Waals surface area (Å²) in [5.74, 6) is -0.412. The molecule has 5 nitrogen and oxygen atoms in total. The van der Waals surface area contributed by atoms with E-state index in [4.69, 9.17) is 11.6 Å². The first-order valence-electron chi connectivity index (χ1n) is 7.60. The molecule has 2 N–H and O–H groups in total. The van der Waals surface area contributed by atoms with E-state index >= 15 is 0 Å². The first-order chi connectivity index (χ1) is 12.4. The molecular weight excluding hydrogens is 392 g/mol. The van der Waals surface area contributed by atoms with Gasteiger partial charge in [0.15, 0.2) is 0 Å². The van der Waals surface area contributed by atoms with Crippen molar-refractivity contribution in [2.45, 2.75) is 11.8 Å². The first-order valence-corrected chi connectivity index (χ1v) is 10.3. The normalized spacial score (nSPS) is 11.2. The van der Waals surface area contributed by atoms with Crippen molar-refractivity contribution in [1.82, 2.24) is 0 Å². The molecule has 0 fully saturated rings. The van der Waals surface area contributed by atoms with E-state index < -0.39 is 15.9 Å². The highest BCUT2D eigenvalue weighted by Gasteiger charge is 2.21. The van der Waals surface area contributed by atoms with Crippen LogP contribution in [0.2, 0.25) is 5.02 Å². The van der Waals surface area contributed by atoms with Crippen LogP contribution in [0.4, 0.5) is 11.4 Å². The molecule has 0 aliphatic heterocycles. The maximum atomic E-state index is 12.6. The number of thiophene rings is 1. The number of sulfonamides is 1. The second-order valence-electron chi connectivity index (χ2n) is 5.50. The first kappa shape index (κ1) is 18.4. The van der Waals surface area contributed by atoms with E-state index in [9.17, 15) is 13.2 Å². The maximum Gasteiger partial charge on any atom is 0.267 e. The zero-order valence-electron chi connectivity index (χ0n) is 13.7. The molecule has 0 bridgehead atoms. The standard InChI is InChI=1S/C18H15ClN2O3S2/c1-12-5-2-3-8-16(12)26(23,24)21-15-9-10-25-17(15)18(22)20-14-7-4-6-13(19)11-14/h2-11,21H,1H3,(H,20,22). The molecule has 134 valence electrons. The Hall–Kier alpha value is -2.35. The van der Waals surface area contributed by atoms with Crippen LogP contribution >= 0.6 is 22.9 Å². The van der Waals surface area contributed by atoms with Crippen LogP contribution in [0, 0.1) is 6.92 Å². The summed E-state index contributed by atoms with van der Waals surface area (Å²) in [5.41, 5.74) is 1.39. The highest BCUT2D eigenvalue weighted by atomic mass is 35.5. The number of rotatable bonds is 5. The molecule has 1 heterocycles. The molecule has 0 radical (unpaired) electrons. The summed E-state index contributed by atoms with van der Waals surface area (Å²) in [5, 5.41) is 4.86. The third kappa shape index (κ3) is 4.07. The van der Waals surface area contributed by atoms with Crippen LogP contribution in [0.25, 0.3) is 0 Å². The Bertz CT molecular complexity index is 1060. The smallest absolute Gasteiger partial charge is 0.267 e. The lowest BCUT2D eigenvalue weighted by Crippen LogP contribution is -2.17. The Kier molecular flexibility index (Phi) is 5.31. The monoisotopic (exact) mass is 406 g/mol. The summed E-state index contributed by atoms with van der Waals surface area (Å²) in [7, 11) is -3.79. The van der Waals surface area contributed by atoms with Gasteiger partial charge in [-0.2, -0.15) is 0 Å². The minimum atomic E-state index is -3.79. The Morgan fingerprint density at radius 3 is 2.58 bits per heavy atom. The minimum absolute atomic E-state index is 0.174. The molecule has 1 amide bonds. The van der Waals surface area contributed by atoms with Crippen LogP contribution < -0.4 is 10.0 Å². The number of nitrogens with one attached hydrogen (secondary N) is 2. The van der Waals surface area contributed by atoms with Gasteiger partial charge >= 0.3 is 0 Å². The van der Waals surface area contributed by atoms with Crippen molar-refractivity contribution in [2.75, 3.05) is 10.0 Å². The fraction of sp³-hybridized carbons (Fsp3) is 0.0556. The summed E-state index contributed by atoms with van der Waals surface area (Å²) in [6.45, 7) is 1.72. The predicted octanol–water partition coefficient (Wildman–Crippen LogP) is 4.76. The summed E-state index contributed by atoms with van der Waals surface area (Å²) in [6.07, 6.45) is 0. The second kappa shape index (κ2) is 7.49. The third-order valence-electron chi connectivity index (χ3n) is 3.58. The van der Waals surface area contributed by atoms with Gasteiger partial charge in [-0.05, 0) is 48.2 Å². The number of hydrogen-bond acceptors (Lipinski definition) is 4. The molecule has 0 spiro atoms. The van der Waals surface area contributed by atoms with E-state index in [-0.39, 0.29) is 15.5 Å². The van der Waals surface area contributed by atoms with Gasteiger partial charge < -0.3 is 5.32 Å². The number of anilines is 2. The minimum Gasteiger partial charge on any atom is -0.321 e. The van der Waals surface area contributed by atoms with Crippen LogP contribution in [-0.2, 0) is 10.0 Å². The molecule has 8 heteroatoms. The molecule has 26 heavy (non-hydrogen) atoms. The highest BCUT2D eigenvalue weighted by molar-refractivity contribution is 7.92. The molecule has 3 rings (SSSR count). The zero-order chi connectivity index (χ0) is 18.7. The van der Waals surface area contributed by atoms with Gasteiger partial charge in [0, 0.05) is 10.7 Å². The number of carbonyl (C=O) groups is 1.